The summed E-state index contributed by atoms with van der Waals surface area (Å²) >= 11 is 0. The Morgan fingerprint density at radius 1 is 1.50 bits per heavy atom. The SMILES string of the molecule is CCC#CC1Cc2c(C)cccc2N1. The summed E-state index contributed by atoms with van der Waals surface area (Å²) < 4.78 is 0. The Kier molecular flexibility index (Phi) is 2.45. The van der Waals surface area contributed by atoms with Crippen LogP contribution in [0.5, 0.6) is 0 Å². The van der Waals surface area contributed by atoms with E-state index in [9.17, 15) is 0 Å². The first-order valence-corrected chi connectivity index (χ1v) is 5.14. The minimum atomic E-state index is 0.325. The van der Waals surface area contributed by atoms with Crippen molar-refractivity contribution in [2.24, 2.45) is 0 Å². The van der Waals surface area contributed by atoms with E-state index in [2.05, 4.69) is 49.2 Å². The van der Waals surface area contributed by atoms with Gasteiger partial charge < -0.3 is 5.32 Å². The van der Waals surface area contributed by atoms with Crippen molar-refractivity contribution in [3.05, 3.63) is 29.3 Å². The number of hydrogen-bond acceptors (Lipinski definition) is 1. The molecule has 1 aromatic carbocycles. The molecule has 1 nitrogen and oxygen atoms in total. The molecule has 1 aliphatic heterocycles. The number of rotatable bonds is 0. The number of fused-ring (bicyclic) bond motifs is 1. The van der Waals surface area contributed by atoms with E-state index in [-0.39, 0.29) is 0 Å². The third-order valence-electron chi connectivity index (χ3n) is 2.60. The lowest BCUT2D eigenvalue weighted by Gasteiger charge is -2.01. The maximum absolute atomic E-state index is 3.44. The lowest BCUT2D eigenvalue weighted by atomic mass is 10.0. The summed E-state index contributed by atoms with van der Waals surface area (Å²) in [5.41, 5.74) is 4.07. The molecule has 0 amide bonds. The van der Waals surface area contributed by atoms with Crippen molar-refractivity contribution < 1.29 is 0 Å². The number of hydrogen-bond donors (Lipinski definition) is 1. The molecule has 0 aromatic heterocycles. The average Bonchev–Trinajstić information content (AvgIpc) is 2.59. The monoisotopic (exact) mass is 185 g/mol. The molecule has 1 unspecified atom stereocenters. The molecule has 72 valence electrons. The number of aryl methyl sites for hydroxylation is 1. The van der Waals surface area contributed by atoms with Gasteiger partial charge >= 0.3 is 0 Å². The molecule has 1 aliphatic rings. The van der Waals surface area contributed by atoms with Crippen molar-refractivity contribution in [3.63, 3.8) is 0 Å². The fourth-order valence-corrected chi connectivity index (χ4v) is 1.86. The predicted molar refractivity (Wildman–Crippen MR) is 60.4 cm³/mol. The minimum Gasteiger partial charge on any atom is -0.371 e. The van der Waals surface area contributed by atoms with Crippen LogP contribution in [0.4, 0.5) is 5.69 Å². The zero-order valence-corrected chi connectivity index (χ0v) is 8.72. The molecule has 0 saturated carbocycles. The molecular formula is C13H15N. The molecule has 0 aliphatic carbocycles. The molecule has 1 heteroatoms. The minimum absolute atomic E-state index is 0.325. The van der Waals surface area contributed by atoms with Gasteiger partial charge in [-0.2, -0.15) is 0 Å². The lowest BCUT2D eigenvalue weighted by Crippen LogP contribution is -2.11. The van der Waals surface area contributed by atoms with Crippen molar-refractivity contribution in [2.45, 2.75) is 32.7 Å². The molecular weight excluding hydrogens is 170 g/mol. The van der Waals surface area contributed by atoms with Gasteiger partial charge in [-0.1, -0.05) is 25.0 Å². The Labute approximate surface area is 85.5 Å². The molecule has 1 aromatic rings. The second-order valence-electron chi connectivity index (χ2n) is 3.68. The Morgan fingerprint density at radius 2 is 2.36 bits per heavy atom. The molecule has 0 saturated heterocycles. The smallest absolute Gasteiger partial charge is 0.0918 e. The highest BCUT2D eigenvalue weighted by molar-refractivity contribution is 5.61. The van der Waals surface area contributed by atoms with Gasteiger partial charge in [0, 0.05) is 18.5 Å². The van der Waals surface area contributed by atoms with E-state index in [0.29, 0.717) is 6.04 Å². The van der Waals surface area contributed by atoms with Crippen LogP contribution in [0.15, 0.2) is 18.2 Å². The fraction of sp³-hybridized carbons (Fsp3) is 0.385. The van der Waals surface area contributed by atoms with Crippen molar-refractivity contribution in [1.82, 2.24) is 0 Å². The number of nitrogens with one attached hydrogen (secondary N) is 1. The Morgan fingerprint density at radius 3 is 3.07 bits per heavy atom. The van der Waals surface area contributed by atoms with E-state index < -0.39 is 0 Å². The molecule has 0 fully saturated rings. The van der Waals surface area contributed by atoms with Crippen molar-refractivity contribution in [1.29, 1.82) is 0 Å². The van der Waals surface area contributed by atoms with E-state index in [1.54, 1.807) is 0 Å². The van der Waals surface area contributed by atoms with Gasteiger partial charge in [-0.15, -0.1) is 5.92 Å². The Bertz CT molecular complexity index is 395. The van der Waals surface area contributed by atoms with Crippen LogP contribution in [0.25, 0.3) is 0 Å². The van der Waals surface area contributed by atoms with Crippen LogP contribution in [0.1, 0.15) is 24.5 Å². The summed E-state index contributed by atoms with van der Waals surface area (Å²) in [6.07, 6.45) is 1.99. The normalized spacial score (nSPS) is 18.0. The number of anilines is 1. The van der Waals surface area contributed by atoms with Crippen LogP contribution in [0.2, 0.25) is 0 Å². The van der Waals surface area contributed by atoms with Gasteiger partial charge in [0.05, 0.1) is 6.04 Å². The third kappa shape index (κ3) is 1.61. The van der Waals surface area contributed by atoms with Crippen LogP contribution < -0.4 is 5.32 Å². The summed E-state index contributed by atoms with van der Waals surface area (Å²) in [5.74, 6) is 6.38. The second-order valence-corrected chi connectivity index (χ2v) is 3.68. The van der Waals surface area contributed by atoms with Gasteiger partial charge in [0.2, 0.25) is 0 Å². The Hall–Kier alpha value is -1.42. The molecule has 1 atom stereocenters. The standard InChI is InChI=1S/C13H15N/c1-3-4-7-11-9-12-10(2)6-5-8-13(12)14-11/h5-6,8,11,14H,3,9H2,1-2H3. The summed E-state index contributed by atoms with van der Waals surface area (Å²) in [6, 6.07) is 6.72. The maximum atomic E-state index is 3.44. The Balaban J connectivity index is 2.22. The van der Waals surface area contributed by atoms with Crippen LogP contribution in [0.3, 0.4) is 0 Å². The van der Waals surface area contributed by atoms with E-state index in [4.69, 9.17) is 0 Å². The van der Waals surface area contributed by atoms with Crippen LogP contribution in [-0.4, -0.2) is 6.04 Å². The fourth-order valence-electron chi connectivity index (χ4n) is 1.86. The maximum Gasteiger partial charge on any atom is 0.0918 e. The van der Waals surface area contributed by atoms with E-state index >= 15 is 0 Å². The average molecular weight is 185 g/mol. The first kappa shape index (κ1) is 9.15. The van der Waals surface area contributed by atoms with Crippen molar-refractivity contribution in [2.75, 3.05) is 5.32 Å². The third-order valence-corrected chi connectivity index (χ3v) is 2.60. The predicted octanol–water partition coefficient (Wildman–Crippen LogP) is 2.75. The second kappa shape index (κ2) is 3.75. The van der Waals surface area contributed by atoms with Gasteiger partial charge in [0.15, 0.2) is 0 Å². The zero-order chi connectivity index (χ0) is 9.97. The van der Waals surface area contributed by atoms with Crippen LogP contribution in [0, 0.1) is 18.8 Å². The summed E-state index contributed by atoms with van der Waals surface area (Å²) in [7, 11) is 0. The van der Waals surface area contributed by atoms with Gasteiger partial charge in [-0.25, -0.2) is 0 Å². The number of benzene rings is 1. The van der Waals surface area contributed by atoms with Crippen molar-refractivity contribution in [3.8, 4) is 11.8 Å². The van der Waals surface area contributed by atoms with Gasteiger partial charge in [0.25, 0.3) is 0 Å². The molecule has 1 N–H and O–H groups in total. The highest BCUT2D eigenvalue weighted by atomic mass is 14.9. The van der Waals surface area contributed by atoms with E-state index in [1.165, 1.54) is 16.8 Å². The highest BCUT2D eigenvalue weighted by Crippen LogP contribution is 2.27. The van der Waals surface area contributed by atoms with Gasteiger partial charge in [-0.05, 0) is 24.1 Å². The topological polar surface area (TPSA) is 12.0 Å². The van der Waals surface area contributed by atoms with Crippen molar-refractivity contribution >= 4 is 5.69 Å². The van der Waals surface area contributed by atoms with E-state index in [0.717, 1.165) is 12.8 Å². The molecule has 0 spiro atoms. The zero-order valence-electron chi connectivity index (χ0n) is 8.72. The molecule has 2 rings (SSSR count). The van der Waals surface area contributed by atoms with Crippen LogP contribution >= 0.6 is 0 Å². The molecule has 0 radical (unpaired) electrons. The van der Waals surface area contributed by atoms with E-state index in [1.807, 2.05) is 0 Å². The quantitative estimate of drug-likeness (QED) is 0.613. The van der Waals surface area contributed by atoms with Crippen LogP contribution in [-0.2, 0) is 6.42 Å². The highest BCUT2D eigenvalue weighted by Gasteiger charge is 2.19. The summed E-state index contributed by atoms with van der Waals surface area (Å²) in [4.78, 5) is 0. The first-order chi connectivity index (χ1) is 6.81. The molecule has 0 bridgehead atoms. The summed E-state index contributed by atoms with van der Waals surface area (Å²) in [6.45, 7) is 4.25. The van der Waals surface area contributed by atoms with Gasteiger partial charge in [-0.3, -0.25) is 0 Å². The first-order valence-electron chi connectivity index (χ1n) is 5.14. The largest absolute Gasteiger partial charge is 0.371 e. The molecule has 1 heterocycles. The molecule has 14 heavy (non-hydrogen) atoms. The summed E-state index contributed by atoms with van der Waals surface area (Å²) in [5, 5.41) is 3.44. The lowest BCUT2D eigenvalue weighted by molar-refractivity contribution is 0.946. The van der Waals surface area contributed by atoms with Gasteiger partial charge in [0.1, 0.15) is 0 Å².